The van der Waals surface area contributed by atoms with Crippen molar-refractivity contribution in [1.82, 2.24) is 0 Å². The molecule has 102 valence electrons. The molecule has 20 heavy (non-hydrogen) atoms. The van der Waals surface area contributed by atoms with Gasteiger partial charge in [-0.2, -0.15) is 0 Å². The second kappa shape index (κ2) is 7.70. The molecule has 2 aromatic rings. The minimum absolute atomic E-state index is 0.645. The van der Waals surface area contributed by atoms with Gasteiger partial charge in [-0.3, -0.25) is 10.0 Å². The van der Waals surface area contributed by atoms with Gasteiger partial charge in [0.05, 0.1) is 0 Å². The number of halogens is 1. The number of rotatable bonds is 5. The van der Waals surface area contributed by atoms with Gasteiger partial charge in [0.15, 0.2) is 0 Å². The van der Waals surface area contributed by atoms with Crippen molar-refractivity contribution in [1.29, 1.82) is 0 Å². The molecule has 0 nitrogen and oxygen atoms in total. The topological polar surface area (TPSA) is 0 Å². The Morgan fingerprint density at radius 2 is 1.55 bits per heavy atom. The fourth-order valence-corrected chi connectivity index (χ4v) is 5.90. The Morgan fingerprint density at radius 1 is 1.00 bits per heavy atom. The molecule has 0 heterocycles. The van der Waals surface area contributed by atoms with Gasteiger partial charge in [0.25, 0.3) is 0 Å². The van der Waals surface area contributed by atoms with Crippen LogP contribution in [0.4, 0.5) is 0 Å². The van der Waals surface area contributed by atoms with Crippen molar-refractivity contribution >= 4 is 33.8 Å². The summed E-state index contributed by atoms with van der Waals surface area (Å²) in [5.74, 6) is 0.645. The molecule has 0 bridgehead atoms. The Bertz CT molecular complexity index is 546. The van der Waals surface area contributed by atoms with Crippen LogP contribution in [0.1, 0.15) is 25.0 Å². The fraction of sp³-hybridized carbons (Fsp3) is 0.222. The molecule has 2 rings (SSSR count). The first-order chi connectivity index (χ1) is 9.66. The molecule has 0 saturated carbocycles. The van der Waals surface area contributed by atoms with Crippen LogP contribution in [0.5, 0.6) is 0 Å². The van der Waals surface area contributed by atoms with E-state index < -0.39 is 13.2 Å². The fourth-order valence-electron chi connectivity index (χ4n) is 2.25. The van der Waals surface area contributed by atoms with E-state index in [0.29, 0.717) is 5.92 Å². The van der Waals surface area contributed by atoms with Crippen molar-refractivity contribution < 1.29 is 0 Å². The monoisotopic (exact) mass is 298 g/mol. The third-order valence-electron chi connectivity index (χ3n) is 3.24. The highest BCUT2D eigenvalue weighted by molar-refractivity contribution is 7.17. The number of hydrogen-bond acceptors (Lipinski definition) is 0. The Kier molecular flexibility index (Phi) is 5.92. The van der Waals surface area contributed by atoms with Crippen molar-refractivity contribution in [3.05, 3.63) is 71.8 Å². The Balaban J connectivity index is 2.37. The lowest BCUT2D eigenvalue weighted by molar-refractivity contribution is 0.731. The summed E-state index contributed by atoms with van der Waals surface area (Å²) in [5, 5.41) is 1.12. The maximum Gasteiger partial charge on any atom is 0.438 e. The summed E-state index contributed by atoms with van der Waals surface area (Å²) in [7, 11) is 6.80. The average molecular weight is 299 g/mol. The highest BCUT2D eigenvalue weighted by Crippen LogP contribution is 2.27. The molecular formula is C18H20AlCl. The van der Waals surface area contributed by atoms with E-state index in [2.05, 4.69) is 74.5 Å². The van der Waals surface area contributed by atoms with E-state index in [4.69, 9.17) is 10.0 Å². The van der Waals surface area contributed by atoms with Gasteiger partial charge in [0.1, 0.15) is 0 Å². The second-order valence-electron chi connectivity index (χ2n) is 5.47. The van der Waals surface area contributed by atoms with Crippen LogP contribution in [0.15, 0.2) is 60.7 Å². The number of benzene rings is 2. The van der Waals surface area contributed by atoms with Crippen LogP contribution < -0.4 is 0 Å². The molecule has 0 amide bonds. The predicted molar refractivity (Wildman–Crippen MR) is 92.0 cm³/mol. The zero-order valence-electron chi connectivity index (χ0n) is 12.1. The minimum atomic E-state index is -1.44. The van der Waals surface area contributed by atoms with Crippen molar-refractivity contribution in [3.63, 3.8) is 0 Å². The maximum absolute atomic E-state index is 6.80. The Hall–Kier alpha value is -0.998. The summed E-state index contributed by atoms with van der Waals surface area (Å²) in [4.78, 5) is 0. The van der Waals surface area contributed by atoms with E-state index in [1.165, 1.54) is 15.6 Å². The third kappa shape index (κ3) is 4.53. The smallest absolute Gasteiger partial charge is 0.253 e. The molecule has 0 radical (unpaired) electrons. The van der Waals surface area contributed by atoms with Gasteiger partial charge in [-0.15, -0.1) is 0 Å². The van der Waals surface area contributed by atoms with E-state index >= 15 is 0 Å². The molecule has 2 aromatic carbocycles. The van der Waals surface area contributed by atoms with Gasteiger partial charge in [-0.1, -0.05) is 96.2 Å². The predicted octanol–water partition coefficient (Wildman–Crippen LogP) is 5.65. The van der Waals surface area contributed by atoms with Gasteiger partial charge in [0.2, 0.25) is 0 Å². The first-order valence-electron chi connectivity index (χ1n) is 7.13. The van der Waals surface area contributed by atoms with Crippen LogP contribution in [0.25, 0.3) is 10.5 Å². The summed E-state index contributed by atoms with van der Waals surface area (Å²) in [6.45, 7) is 4.49. The average Bonchev–Trinajstić information content (AvgIpc) is 2.46. The molecule has 0 N–H and O–H groups in total. The standard InChI is InChI=1S/C14H11.C4H9.Al.ClH/c1-3-7-13(8-4-1)11-12-14-9-5-2-6-10-14;1-4(2)3;;/h1-11H;4H,1H2,2-3H3;;1H/q;;+1;/p-1. The van der Waals surface area contributed by atoms with Gasteiger partial charge >= 0.3 is 13.2 Å². The van der Waals surface area contributed by atoms with E-state index in [-0.39, 0.29) is 0 Å². The molecule has 2 heteroatoms. The van der Waals surface area contributed by atoms with Crippen molar-refractivity contribution in [2.45, 2.75) is 19.1 Å². The first-order valence-corrected chi connectivity index (χ1v) is 10.3. The van der Waals surface area contributed by atoms with Crippen molar-refractivity contribution in [2.24, 2.45) is 5.92 Å². The summed E-state index contributed by atoms with van der Waals surface area (Å²) >= 11 is -1.44. The summed E-state index contributed by atoms with van der Waals surface area (Å²) in [6.07, 6.45) is 2.27. The molecule has 0 saturated heterocycles. The van der Waals surface area contributed by atoms with Crippen molar-refractivity contribution in [2.75, 3.05) is 0 Å². The molecule has 0 atom stereocenters. The van der Waals surface area contributed by atoms with Gasteiger partial charge in [-0.25, -0.2) is 0 Å². The van der Waals surface area contributed by atoms with Crippen molar-refractivity contribution in [3.8, 4) is 0 Å². The zero-order chi connectivity index (χ0) is 14.4. The Morgan fingerprint density at radius 3 is 2.10 bits per heavy atom. The van der Waals surface area contributed by atoms with E-state index in [1.54, 1.807) is 0 Å². The van der Waals surface area contributed by atoms with Crippen LogP contribution in [0.3, 0.4) is 0 Å². The molecular weight excluding hydrogens is 279 g/mol. The lowest BCUT2D eigenvalue weighted by Gasteiger charge is -2.13. The van der Waals surface area contributed by atoms with Crippen LogP contribution >= 0.6 is 10.0 Å². The lowest BCUT2D eigenvalue weighted by Crippen LogP contribution is -2.11. The van der Waals surface area contributed by atoms with Crippen LogP contribution in [-0.4, -0.2) is 13.2 Å². The molecule has 0 aromatic heterocycles. The quantitative estimate of drug-likeness (QED) is 0.494. The first kappa shape index (κ1) is 15.4. The van der Waals surface area contributed by atoms with E-state index in [1.807, 2.05) is 6.07 Å². The molecule has 0 aliphatic rings. The minimum Gasteiger partial charge on any atom is -0.253 e. The summed E-state index contributed by atoms with van der Waals surface area (Å²) in [5.41, 5.74) is 2.50. The zero-order valence-corrected chi connectivity index (χ0v) is 14.0. The highest BCUT2D eigenvalue weighted by atomic mass is 35.6. The molecule has 0 unspecified atom stereocenters. The summed E-state index contributed by atoms with van der Waals surface area (Å²) in [6, 6.07) is 21.0. The lowest BCUT2D eigenvalue weighted by atomic mass is 10.1. The Labute approximate surface area is 130 Å². The SMILES string of the molecule is CC(C)[CH2][Al]([Cl])[C](=Cc1ccccc1)c1ccccc1. The normalized spacial score (nSPS) is 11.7. The van der Waals surface area contributed by atoms with Crippen LogP contribution in [0.2, 0.25) is 5.28 Å². The van der Waals surface area contributed by atoms with Crippen LogP contribution in [0, 0.1) is 5.92 Å². The highest BCUT2D eigenvalue weighted by Gasteiger charge is 2.23. The van der Waals surface area contributed by atoms with Gasteiger partial charge < -0.3 is 0 Å². The van der Waals surface area contributed by atoms with E-state index in [0.717, 1.165) is 5.28 Å². The second-order valence-corrected chi connectivity index (χ2v) is 9.08. The third-order valence-corrected chi connectivity index (χ3v) is 7.02. The number of hydrogen-bond donors (Lipinski definition) is 0. The largest absolute Gasteiger partial charge is 0.438 e. The maximum atomic E-state index is 6.80. The van der Waals surface area contributed by atoms with E-state index in [9.17, 15) is 0 Å². The molecule has 0 aliphatic heterocycles. The van der Waals surface area contributed by atoms with Gasteiger partial charge in [-0.05, 0) is 11.1 Å². The molecule has 0 fully saturated rings. The van der Waals surface area contributed by atoms with Gasteiger partial charge in [0, 0.05) is 0 Å². The molecule has 0 aliphatic carbocycles. The molecule has 0 spiro atoms. The summed E-state index contributed by atoms with van der Waals surface area (Å²) < 4.78 is 1.34. The van der Waals surface area contributed by atoms with Crippen LogP contribution in [-0.2, 0) is 0 Å².